The fourth-order valence-electron chi connectivity index (χ4n) is 12.2. The van der Waals surface area contributed by atoms with E-state index in [1.807, 2.05) is 0 Å². The largest absolute Gasteiger partial charge is 0.460 e. The Morgan fingerprint density at radius 1 is 0.474 bits per heavy atom. The molecule has 8 aliphatic rings. The summed E-state index contributed by atoms with van der Waals surface area (Å²) in [5.41, 5.74) is 0. The van der Waals surface area contributed by atoms with Crippen molar-refractivity contribution in [3.05, 3.63) is 12.2 Å². The predicted octanol–water partition coefficient (Wildman–Crippen LogP) is -8.26. The highest BCUT2D eigenvalue weighted by molar-refractivity contribution is 5.81. The van der Waals surface area contributed by atoms with Gasteiger partial charge in [-0.2, -0.15) is 0 Å². The third-order valence-corrected chi connectivity index (χ3v) is 16.8. The molecule has 0 bridgehead atoms. The average Bonchev–Trinajstić information content (AvgIpc) is 3.51. The van der Waals surface area contributed by atoms with Gasteiger partial charge >= 0.3 is 5.97 Å². The lowest BCUT2D eigenvalue weighted by atomic mass is 9.72. The Balaban J connectivity index is 0.933. The van der Waals surface area contributed by atoms with Crippen molar-refractivity contribution in [2.24, 2.45) is 17.8 Å². The van der Waals surface area contributed by atoms with E-state index in [0.717, 1.165) is 6.08 Å². The maximum absolute atomic E-state index is 13.0. The van der Waals surface area contributed by atoms with Crippen LogP contribution in [0.5, 0.6) is 0 Å². The van der Waals surface area contributed by atoms with Gasteiger partial charge in [0.05, 0.1) is 74.8 Å². The highest BCUT2D eigenvalue weighted by Crippen LogP contribution is 2.46. The van der Waals surface area contributed by atoms with E-state index in [1.165, 1.54) is 13.2 Å². The summed E-state index contributed by atoms with van der Waals surface area (Å²) in [6.45, 7) is -2.92. The van der Waals surface area contributed by atoms with Gasteiger partial charge in [-0.05, 0) is 63.2 Å². The first-order chi connectivity index (χ1) is 37.2. The van der Waals surface area contributed by atoms with Crippen LogP contribution in [0.15, 0.2) is 12.2 Å². The smallest absolute Gasteiger partial charge is 0.330 e. The molecule has 29 nitrogen and oxygen atoms in total. The minimum atomic E-state index is -1.94. The minimum Gasteiger partial charge on any atom is -0.460 e. The van der Waals surface area contributed by atoms with Crippen molar-refractivity contribution >= 4 is 5.97 Å². The van der Waals surface area contributed by atoms with E-state index >= 15 is 0 Å². The molecule has 450 valence electrons. The van der Waals surface area contributed by atoms with Gasteiger partial charge in [-0.15, -0.1) is 0 Å². The lowest BCUT2D eigenvalue weighted by Crippen LogP contribution is -2.66. The van der Waals surface area contributed by atoms with Crippen LogP contribution in [0.4, 0.5) is 0 Å². The molecule has 0 amide bonds. The molecule has 3 saturated carbocycles. The monoisotopic (exact) mass is 1130 g/mol. The normalized spacial score (nSPS) is 51.5. The molecule has 17 N–H and O–H groups in total. The summed E-state index contributed by atoms with van der Waals surface area (Å²) < 4.78 is 65.3. The SMILES string of the molecule is COC1CC(C2OC3CC(O)CC(O[C@@H]4O[C@H](COC(=O)C=CC5CCC(O[C@@H]6O[C@H](CO)[C@@H](O)[C@H](O)[C@H]6O)C(O)C5)[C@@H](O)[C@H](O)[C@H]4O)C3CC2O[C@@H]2O[C@H](CO)[C@@H](O)[C@H](O)[C@H]2O[C@@H]2O[C@H](CO)[C@@H](O)[C@H](O)[C@H]2O)CCC1O. The average molecular weight is 1130 g/mol. The van der Waals surface area contributed by atoms with Gasteiger partial charge < -0.3 is 139 Å². The quantitative estimate of drug-likeness (QED) is 0.0475. The van der Waals surface area contributed by atoms with E-state index in [4.69, 9.17) is 52.1 Å². The summed E-state index contributed by atoms with van der Waals surface area (Å²) in [5, 5.41) is 180. The number of allylic oxidation sites excluding steroid dienone is 1. The standard InChI is InChI=1S/C49H80O29/c1-68-26-9-18(4-5-21(26)54)44-27(73-49-45(40(64)35(59)30(15-52)76-49)78-48-43(67)38(62)34(58)29(14-51)75-48)12-20-24(70-44)10-19(53)11-25(20)72-47-42(66)39(63)36(60)31(77-47)16-69-32(56)7-3-17-2-6-23(22(55)8-17)71-46-41(65)37(61)33(57)28(13-50)74-46/h3,7,17-31,33-55,57-67H,2,4-6,8-16H2,1H3/t17?,18?,19?,20?,21?,22?,23?,24?,25?,26?,27?,28-,29-,30-,31-,33-,34-,35-,36-,37+,38+,39+,40+,41-,42-,43-,44?,45-,46-,47-,48+,49-/m1/s1. The molecule has 0 aromatic carbocycles. The Labute approximate surface area is 447 Å². The highest BCUT2D eigenvalue weighted by atomic mass is 16.8. The number of hydrogen-bond donors (Lipinski definition) is 17. The summed E-state index contributed by atoms with van der Waals surface area (Å²) in [6.07, 6.45) is -37.6. The molecule has 5 aliphatic heterocycles. The fraction of sp³-hybridized carbons (Fsp3) is 0.939. The van der Waals surface area contributed by atoms with E-state index in [1.54, 1.807) is 0 Å². The van der Waals surface area contributed by atoms with Crippen molar-refractivity contribution in [3.63, 3.8) is 0 Å². The first kappa shape index (κ1) is 62.2. The zero-order valence-corrected chi connectivity index (χ0v) is 42.8. The maximum Gasteiger partial charge on any atom is 0.330 e. The highest BCUT2D eigenvalue weighted by Gasteiger charge is 2.56. The molecule has 12 unspecified atom stereocenters. The third kappa shape index (κ3) is 13.7. The number of rotatable bonds is 17. The first-order valence-corrected chi connectivity index (χ1v) is 26.8. The summed E-state index contributed by atoms with van der Waals surface area (Å²) in [5.74, 6) is -2.35. The summed E-state index contributed by atoms with van der Waals surface area (Å²) in [4.78, 5) is 13.0. The molecule has 29 heteroatoms. The van der Waals surface area contributed by atoms with E-state index in [2.05, 4.69) is 0 Å². The molecule has 0 radical (unpaired) electrons. The number of esters is 1. The van der Waals surface area contributed by atoms with Crippen molar-refractivity contribution in [1.82, 2.24) is 0 Å². The van der Waals surface area contributed by atoms with Gasteiger partial charge in [-0.3, -0.25) is 0 Å². The van der Waals surface area contributed by atoms with E-state index in [0.29, 0.717) is 19.3 Å². The van der Waals surface area contributed by atoms with Crippen LogP contribution in [0.3, 0.4) is 0 Å². The number of hydrogen-bond acceptors (Lipinski definition) is 29. The predicted molar refractivity (Wildman–Crippen MR) is 251 cm³/mol. The second kappa shape index (κ2) is 27.2. The molecule has 0 aromatic rings. The molecule has 3 aliphatic carbocycles. The van der Waals surface area contributed by atoms with Crippen molar-refractivity contribution in [2.75, 3.05) is 33.5 Å². The van der Waals surface area contributed by atoms with Gasteiger partial charge in [0.25, 0.3) is 0 Å². The van der Waals surface area contributed by atoms with Crippen LogP contribution < -0.4 is 0 Å². The summed E-state index contributed by atoms with van der Waals surface area (Å²) in [6, 6.07) is 0. The topological polar surface area (TPSA) is 463 Å². The lowest BCUT2D eigenvalue weighted by molar-refractivity contribution is -0.380. The van der Waals surface area contributed by atoms with Crippen molar-refractivity contribution in [1.29, 1.82) is 0 Å². The summed E-state index contributed by atoms with van der Waals surface area (Å²) >= 11 is 0. The van der Waals surface area contributed by atoms with Crippen LogP contribution in [0.25, 0.3) is 0 Å². The molecule has 78 heavy (non-hydrogen) atoms. The molecule has 8 fully saturated rings. The van der Waals surface area contributed by atoms with Crippen LogP contribution in [-0.2, 0) is 56.9 Å². The number of carbonyl (C=O) groups excluding carboxylic acids is 1. The van der Waals surface area contributed by atoms with Crippen LogP contribution in [0.1, 0.15) is 57.8 Å². The molecule has 5 heterocycles. The Kier molecular flexibility index (Phi) is 21.7. The number of carbonyl (C=O) groups is 1. The first-order valence-electron chi connectivity index (χ1n) is 26.8. The Bertz CT molecular complexity index is 1910. The van der Waals surface area contributed by atoms with Gasteiger partial charge in [0.1, 0.15) is 104 Å². The Morgan fingerprint density at radius 3 is 1.58 bits per heavy atom. The van der Waals surface area contributed by atoms with Crippen molar-refractivity contribution < 1.29 is 144 Å². The van der Waals surface area contributed by atoms with Gasteiger partial charge in [-0.1, -0.05) is 6.08 Å². The second-order valence-corrected chi connectivity index (χ2v) is 21.9. The zero-order chi connectivity index (χ0) is 56.4. The minimum absolute atomic E-state index is 0.0177. The van der Waals surface area contributed by atoms with Crippen LogP contribution >= 0.6 is 0 Å². The van der Waals surface area contributed by atoms with E-state index < -0.39 is 216 Å². The number of fused-ring (bicyclic) bond motifs is 1. The fourth-order valence-corrected chi connectivity index (χ4v) is 12.2. The number of ether oxygens (including phenoxy) is 11. The molecular formula is C49H80O29. The zero-order valence-electron chi connectivity index (χ0n) is 42.8. The molecule has 0 aromatic heterocycles. The number of aliphatic hydroxyl groups excluding tert-OH is 17. The third-order valence-electron chi connectivity index (χ3n) is 16.8. The van der Waals surface area contributed by atoms with Crippen molar-refractivity contribution in [2.45, 2.75) is 236 Å². The second-order valence-electron chi connectivity index (χ2n) is 21.9. The summed E-state index contributed by atoms with van der Waals surface area (Å²) in [7, 11) is 1.45. The van der Waals surface area contributed by atoms with Crippen LogP contribution in [0, 0.1) is 17.8 Å². The number of methoxy groups -OCH3 is 1. The van der Waals surface area contributed by atoms with Crippen LogP contribution in [0.2, 0.25) is 0 Å². The lowest BCUT2D eigenvalue weighted by Gasteiger charge is -2.53. The molecule has 0 spiro atoms. The van der Waals surface area contributed by atoms with Gasteiger partial charge in [0, 0.05) is 25.5 Å². The Morgan fingerprint density at radius 2 is 1.00 bits per heavy atom. The van der Waals surface area contributed by atoms with Gasteiger partial charge in [0.2, 0.25) is 0 Å². The molecule has 32 atom stereocenters. The molecule has 8 rings (SSSR count). The maximum atomic E-state index is 13.0. The molecular weight excluding hydrogens is 1050 g/mol. The van der Waals surface area contributed by atoms with E-state index in [9.17, 15) is 91.6 Å². The van der Waals surface area contributed by atoms with Crippen LogP contribution in [-0.4, -0.2) is 304 Å². The van der Waals surface area contributed by atoms with E-state index in [-0.39, 0.29) is 50.4 Å². The molecule has 5 saturated heterocycles. The van der Waals surface area contributed by atoms with Gasteiger partial charge in [-0.25, -0.2) is 4.79 Å². The number of aliphatic hydroxyl groups is 17. The Hall–Kier alpha value is -1.87. The van der Waals surface area contributed by atoms with Crippen molar-refractivity contribution in [3.8, 4) is 0 Å². The van der Waals surface area contributed by atoms with Gasteiger partial charge in [0.15, 0.2) is 25.2 Å².